The third kappa shape index (κ3) is 4.73. The van der Waals surface area contributed by atoms with Gasteiger partial charge in [-0.2, -0.15) is 21.6 Å². The molecule has 3 unspecified atom stereocenters. The number of esters is 1. The number of halogens is 3. The molecule has 160 valence electrons. The van der Waals surface area contributed by atoms with E-state index in [0.29, 0.717) is 18.9 Å². The van der Waals surface area contributed by atoms with Crippen molar-refractivity contribution in [3.63, 3.8) is 0 Å². The number of carbonyl (C=O) groups excluding carboxylic acids is 1. The predicted molar refractivity (Wildman–Crippen MR) is 94.2 cm³/mol. The van der Waals surface area contributed by atoms with Gasteiger partial charge in [0.15, 0.2) is 5.60 Å². The first kappa shape index (κ1) is 21.6. The number of hydrogen-bond acceptors (Lipinski definition) is 6. The van der Waals surface area contributed by atoms with Gasteiger partial charge in [-0.3, -0.25) is 4.55 Å². The largest absolute Gasteiger partial charge is 0.480 e. The zero-order chi connectivity index (χ0) is 21.4. The average molecular weight is 436 g/mol. The van der Waals surface area contributed by atoms with Crippen molar-refractivity contribution in [2.75, 3.05) is 12.4 Å². The number of rotatable bonds is 7. The number of benzene rings is 1. The molecule has 11 heteroatoms. The molecule has 2 heterocycles. The highest BCUT2D eigenvalue weighted by molar-refractivity contribution is 7.85. The highest BCUT2D eigenvalue weighted by atomic mass is 32.2. The van der Waals surface area contributed by atoms with Gasteiger partial charge < -0.3 is 14.2 Å². The molecule has 2 aliphatic rings. The summed E-state index contributed by atoms with van der Waals surface area (Å²) in [7, 11) is -4.34. The van der Waals surface area contributed by atoms with Crippen molar-refractivity contribution in [1.29, 1.82) is 0 Å². The molecule has 2 fully saturated rings. The zero-order valence-electron chi connectivity index (χ0n) is 15.1. The molecule has 29 heavy (non-hydrogen) atoms. The second-order valence-electron chi connectivity index (χ2n) is 6.92. The van der Waals surface area contributed by atoms with Crippen LogP contribution in [0.2, 0.25) is 0 Å². The molecule has 2 saturated heterocycles. The number of fused-ring (bicyclic) bond motifs is 2. The third-order valence-corrected chi connectivity index (χ3v) is 5.62. The second-order valence-corrected chi connectivity index (χ2v) is 8.49. The smallest absolute Gasteiger partial charge is 0.419 e. The first-order chi connectivity index (χ1) is 13.4. The Bertz CT molecular complexity index is 913. The van der Waals surface area contributed by atoms with Crippen LogP contribution in [0.5, 0.6) is 5.75 Å². The Balaban J connectivity index is 1.87. The van der Waals surface area contributed by atoms with Crippen molar-refractivity contribution in [3.8, 4) is 5.75 Å². The molecule has 2 aliphatic heterocycles. The van der Waals surface area contributed by atoms with Gasteiger partial charge >= 0.3 is 12.1 Å². The van der Waals surface area contributed by atoms with Crippen molar-refractivity contribution in [2.45, 2.75) is 43.2 Å². The van der Waals surface area contributed by atoms with E-state index in [2.05, 4.69) is 6.58 Å². The molecule has 3 rings (SSSR count). The maximum atomic E-state index is 13.5. The standard InChI is InChI=1S/C18H19F3O7S/c1-2-17(10-12-4-6-15(17)27-12)28-14-9-11(3-5-13(14)18(19,20)21)16(22)26-7-8-29(23,24)25/h2-3,5,9,12,15H,1,4,6-8,10H2,(H,23,24,25). The Kier molecular flexibility index (Phi) is 5.67. The summed E-state index contributed by atoms with van der Waals surface area (Å²) in [6.07, 6.45) is -2.11. The quantitative estimate of drug-likeness (QED) is 0.399. The van der Waals surface area contributed by atoms with E-state index in [9.17, 15) is 26.4 Å². The van der Waals surface area contributed by atoms with Gasteiger partial charge in [-0.1, -0.05) is 6.58 Å². The Morgan fingerprint density at radius 1 is 1.38 bits per heavy atom. The van der Waals surface area contributed by atoms with E-state index in [1.54, 1.807) is 0 Å². The lowest BCUT2D eigenvalue weighted by Crippen LogP contribution is -2.43. The van der Waals surface area contributed by atoms with Crippen LogP contribution in [0, 0.1) is 0 Å². The maximum Gasteiger partial charge on any atom is 0.419 e. The third-order valence-electron chi connectivity index (χ3n) is 4.94. The van der Waals surface area contributed by atoms with Crippen LogP contribution in [0.4, 0.5) is 13.2 Å². The second kappa shape index (κ2) is 7.62. The SMILES string of the molecule is C=CC1(Oc2cc(C(=O)OCCS(=O)(=O)O)ccc2C(F)(F)F)CC2CCC1O2. The van der Waals surface area contributed by atoms with Gasteiger partial charge in [0.05, 0.1) is 17.2 Å². The lowest BCUT2D eigenvalue weighted by Gasteiger charge is -2.34. The number of ether oxygens (including phenoxy) is 3. The lowest BCUT2D eigenvalue weighted by molar-refractivity contribution is -0.140. The Hall–Kier alpha value is -2.11. The number of carbonyl (C=O) groups is 1. The van der Waals surface area contributed by atoms with Gasteiger partial charge in [0.2, 0.25) is 0 Å². The van der Waals surface area contributed by atoms with E-state index in [1.807, 2.05) is 0 Å². The van der Waals surface area contributed by atoms with E-state index in [-0.39, 0.29) is 11.7 Å². The van der Waals surface area contributed by atoms with Gasteiger partial charge in [0, 0.05) is 6.42 Å². The van der Waals surface area contributed by atoms with Crippen molar-refractivity contribution >= 4 is 16.1 Å². The van der Waals surface area contributed by atoms with Crippen molar-refractivity contribution in [3.05, 3.63) is 42.0 Å². The molecule has 0 saturated carbocycles. The summed E-state index contributed by atoms with van der Waals surface area (Å²) in [5, 5.41) is 0. The van der Waals surface area contributed by atoms with E-state index in [4.69, 9.17) is 18.8 Å². The molecule has 2 bridgehead atoms. The van der Waals surface area contributed by atoms with Crippen LogP contribution in [0.1, 0.15) is 35.2 Å². The molecule has 0 spiro atoms. The minimum Gasteiger partial charge on any atom is -0.480 e. The minimum atomic E-state index is -4.73. The van der Waals surface area contributed by atoms with E-state index < -0.39 is 57.6 Å². The van der Waals surface area contributed by atoms with Crippen LogP contribution in [0.3, 0.4) is 0 Å². The summed E-state index contributed by atoms with van der Waals surface area (Å²) < 4.78 is 86.5. The van der Waals surface area contributed by atoms with Crippen LogP contribution in [0.25, 0.3) is 0 Å². The molecule has 7 nitrogen and oxygen atoms in total. The highest BCUT2D eigenvalue weighted by Gasteiger charge is 2.53. The van der Waals surface area contributed by atoms with E-state index in [1.165, 1.54) is 6.08 Å². The summed E-state index contributed by atoms with van der Waals surface area (Å²) in [4.78, 5) is 12.1. The fourth-order valence-corrected chi connectivity index (χ4v) is 3.86. The molecule has 0 radical (unpaired) electrons. The Morgan fingerprint density at radius 2 is 2.10 bits per heavy atom. The van der Waals surface area contributed by atoms with Crippen LogP contribution < -0.4 is 4.74 Å². The summed E-state index contributed by atoms with van der Waals surface area (Å²) in [6, 6.07) is 2.50. The average Bonchev–Trinajstić information content (AvgIpc) is 3.21. The molecule has 0 aliphatic carbocycles. The van der Waals surface area contributed by atoms with Gasteiger partial charge in [-0.15, -0.1) is 0 Å². The molecule has 1 aromatic carbocycles. The zero-order valence-corrected chi connectivity index (χ0v) is 16.0. The Labute approximate surface area is 165 Å². The van der Waals surface area contributed by atoms with Gasteiger partial charge in [0.1, 0.15) is 24.2 Å². The summed E-state index contributed by atoms with van der Waals surface area (Å²) in [5.41, 5.74) is -2.47. The minimum absolute atomic E-state index is 0.124. The topological polar surface area (TPSA) is 99.1 Å². The first-order valence-corrected chi connectivity index (χ1v) is 10.4. The van der Waals surface area contributed by atoms with Crippen molar-refractivity contribution < 1.29 is 45.1 Å². The van der Waals surface area contributed by atoms with Crippen molar-refractivity contribution in [1.82, 2.24) is 0 Å². The predicted octanol–water partition coefficient (Wildman–Crippen LogP) is 3.00. The molecule has 1 N–H and O–H groups in total. The maximum absolute atomic E-state index is 13.5. The lowest BCUT2D eigenvalue weighted by atomic mass is 9.84. The van der Waals surface area contributed by atoms with Crippen LogP contribution in [0.15, 0.2) is 30.9 Å². The summed E-state index contributed by atoms with van der Waals surface area (Å²) >= 11 is 0. The molecule has 0 amide bonds. The molecule has 0 aromatic heterocycles. The molecule has 1 aromatic rings. The molecule has 3 atom stereocenters. The first-order valence-electron chi connectivity index (χ1n) is 8.75. The number of alkyl halides is 3. The normalized spacial score (nSPS) is 26.3. The summed E-state index contributed by atoms with van der Waals surface area (Å²) in [6.45, 7) is 3.03. The van der Waals surface area contributed by atoms with Crippen LogP contribution in [-0.4, -0.2) is 49.1 Å². The highest BCUT2D eigenvalue weighted by Crippen LogP contribution is 2.47. The number of hydrogen-bond donors (Lipinski definition) is 1. The molecular formula is C18H19F3O7S. The van der Waals surface area contributed by atoms with Gasteiger partial charge in [-0.05, 0) is 37.1 Å². The fourth-order valence-electron chi connectivity index (χ4n) is 3.56. The van der Waals surface area contributed by atoms with E-state index in [0.717, 1.165) is 18.6 Å². The van der Waals surface area contributed by atoms with Crippen LogP contribution >= 0.6 is 0 Å². The Morgan fingerprint density at radius 3 is 2.62 bits per heavy atom. The monoisotopic (exact) mass is 436 g/mol. The van der Waals surface area contributed by atoms with E-state index >= 15 is 0 Å². The van der Waals surface area contributed by atoms with Gasteiger partial charge in [0.25, 0.3) is 10.1 Å². The van der Waals surface area contributed by atoms with Crippen LogP contribution in [-0.2, 0) is 25.8 Å². The molecular weight excluding hydrogens is 417 g/mol. The fraction of sp³-hybridized carbons (Fsp3) is 0.500. The van der Waals surface area contributed by atoms with Crippen molar-refractivity contribution in [2.24, 2.45) is 0 Å². The summed E-state index contributed by atoms with van der Waals surface area (Å²) in [5.74, 6) is -2.45. The van der Waals surface area contributed by atoms with Gasteiger partial charge in [-0.25, -0.2) is 4.79 Å².